The first-order chi connectivity index (χ1) is 7.77. The monoisotopic (exact) mass is 233 g/mol. The van der Waals surface area contributed by atoms with Gasteiger partial charge in [-0.05, 0) is 29.2 Å². The molecule has 1 radical (unpaired) electrons. The second-order valence-electron chi connectivity index (χ2n) is 6.50. The summed E-state index contributed by atoms with van der Waals surface area (Å²) >= 11 is 0. The lowest BCUT2D eigenvalue weighted by molar-refractivity contribution is 0.600. The summed E-state index contributed by atoms with van der Waals surface area (Å²) in [7, 11) is 0. The Hall–Kier alpha value is -0.520. The van der Waals surface area contributed by atoms with E-state index in [4.69, 9.17) is 0 Å². The SMILES string of the molecule is CC(C)[C]1C(C(C)C)=CC(C(C)C)=C1C(C)C. The second kappa shape index (κ2) is 5.42. The Kier molecular flexibility index (Phi) is 4.63. The molecule has 1 aliphatic rings. The second-order valence-corrected chi connectivity index (χ2v) is 6.50. The quantitative estimate of drug-likeness (QED) is 0.608. The van der Waals surface area contributed by atoms with Crippen molar-refractivity contribution in [3.05, 3.63) is 28.7 Å². The third kappa shape index (κ3) is 2.84. The van der Waals surface area contributed by atoms with Crippen molar-refractivity contribution in [3.8, 4) is 0 Å². The normalized spacial score (nSPS) is 18.2. The lowest BCUT2D eigenvalue weighted by Crippen LogP contribution is -2.16. The van der Waals surface area contributed by atoms with Gasteiger partial charge in [-0.2, -0.15) is 0 Å². The van der Waals surface area contributed by atoms with Crippen LogP contribution in [0.4, 0.5) is 0 Å². The van der Waals surface area contributed by atoms with Crippen LogP contribution in [0.5, 0.6) is 0 Å². The van der Waals surface area contributed by atoms with Gasteiger partial charge in [-0.25, -0.2) is 0 Å². The Bertz CT molecular complexity index is 324. The summed E-state index contributed by atoms with van der Waals surface area (Å²) in [5.41, 5.74) is 4.78. The van der Waals surface area contributed by atoms with Crippen molar-refractivity contribution in [1.82, 2.24) is 0 Å². The van der Waals surface area contributed by atoms with Crippen LogP contribution in [-0.2, 0) is 0 Å². The largest absolute Gasteiger partial charge is 0.0616 e. The topological polar surface area (TPSA) is 0 Å². The number of allylic oxidation sites excluding steroid dienone is 4. The maximum Gasteiger partial charge on any atom is 0.0291 e. The molecule has 0 amide bonds. The molecule has 0 bridgehead atoms. The molecule has 0 aliphatic heterocycles. The van der Waals surface area contributed by atoms with E-state index in [1.54, 1.807) is 22.6 Å². The van der Waals surface area contributed by atoms with Gasteiger partial charge in [0.1, 0.15) is 0 Å². The summed E-state index contributed by atoms with van der Waals surface area (Å²) in [6, 6.07) is 0. The van der Waals surface area contributed by atoms with Crippen LogP contribution < -0.4 is 0 Å². The number of hydrogen-bond acceptors (Lipinski definition) is 0. The summed E-state index contributed by atoms with van der Waals surface area (Å²) < 4.78 is 0. The Morgan fingerprint density at radius 3 is 1.47 bits per heavy atom. The highest BCUT2D eigenvalue weighted by Crippen LogP contribution is 2.47. The zero-order chi connectivity index (χ0) is 13.3. The van der Waals surface area contributed by atoms with Crippen molar-refractivity contribution in [2.45, 2.75) is 55.4 Å². The molecule has 0 fully saturated rings. The average molecular weight is 233 g/mol. The van der Waals surface area contributed by atoms with Crippen molar-refractivity contribution in [2.24, 2.45) is 23.7 Å². The van der Waals surface area contributed by atoms with Crippen molar-refractivity contribution >= 4 is 0 Å². The lowest BCUT2D eigenvalue weighted by Gasteiger charge is -2.27. The van der Waals surface area contributed by atoms with Crippen molar-refractivity contribution in [3.63, 3.8) is 0 Å². The number of rotatable bonds is 4. The minimum absolute atomic E-state index is 0.636. The Morgan fingerprint density at radius 2 is 1.18 bits per heavy atom. The smallest absolute Gasteiger partial charge is 0.0291 e. The van der Waals surface area contributed by atoms with Crippen LogP contribution in [0.15, 0.2) is 22.8 Å². The maximum atomic E-state index is 2.47. The zero-order valence-electron chi connectivity index (χ0n) is 12.9. The van der Waals surface area contributed by atoms with Crippen LogP contribution in [0.1, 0.15) is 55.4 Å². The molecule has 1 aliphatic carbocycles. The highest BCUT2D eigenvalue weighted by Gasteiger charge is 2.34. The van der Waals surface area contributed by atoms with Crippen LogP contribution in [0, 0.1) is 29.6 Å². The van der Waals surface area contributed by atoms with Gasteiger partial charge in [0.25, 0.3) is 0 Å². The molecule has 0 aromatic carbocycles. The summed E-state index contributed by atoms with van der Waals surface area (Å²) in [6.45, 7) is 18.6. The van der Waals surface area contributed by atoms with Crippen molar-refractivity contribution < 1.29 is 0 Å². The van der Waals surface area contributed by atoms with Crippen molar-refractivity contribution in [2.75, 3.05) is 0 Å². The van der Waals surface area contributed by atoms with E-state index in [-0.39, 0.29) is 0 Å². The Morgan fingerprint density at radius 1 is 0.647 bits per heavy atom. The van der Waals surface area contributed by atoms with Crippen LogP contribution in [0.2, 0.25) is 0 Å². The molecule has 0 atom stereocenters. The first-order valence-corrected chi connectivity index (χ1v) is 7.10. The van der Waals surface area contributed by atoms with E-state index in [0.29, 0.717) is 23.7 Å². The molecule has 0 aromatic heterocycles. The molecule has 0 saturated heterocycles. The first kappa shape index (κ1) is 14.5. The van der Waals surface area contributed by atoms with E-state index < -0.39 is 0 Å². The molecule has 0 heteroatoms. The van der Waals surface area contributed by atoms with Crippen LogP contribution >= 0.6 is 0 Å². The van der Waals surface area contributed by atoms with E-state index in [0.717, 1.165) is 0 Å². The van der Waals surface area contributed by atoms with E-state index in [1.165, 1.54) is 0 Å². The summed E-state index contributed by atoms with van der Waals surface area (Å²) in [4.78, 5) is 0. The fourth-order valence-corrected chi connectivity index (χ4v) is 2.88. The third-order valence-electron chi connectivity index (χ3n) is 3.62. The van der Waals surface area contributed by atoms with Gasteiger partial charge < -0.3 is 0 Å². The van der Waals surface area contributed by atoms with E-state index >= 15 is 0 Å². The standard InChI is InChI=1S/C17H29/c1-10(2)14-9-15(11(3)4)17(13(7)8)16(14)12(5)6/h9-13H,1-8H3. The predicted octanol–water partition coefficient (Wildman–Crippen LogP) is 5.42. The summed E-state index contributed by atoms with van der Waals surface area (Å²) in [5, 5.41) is 0. The van der Waals surface area contributed by atoms with Crippen molar-refractivity contribution in [1.29, 1.82) is 0 Å². The van der Waals surface area contributed by atoms with E-state index in [1.807, 2.05) is 0 Å². The molecular formula is C17H29. The van der Waals surface area contributed by atoms with Gasteiger partial charge in [-0.3, -0.25) is 0 Å². The third-order valence-corrected chi connectivity index (χ3v) is 3.62. The minimum atomic E-state index is 0.636. The Balaban J connectivity index is 3.25. The minimum Gasteiger partial charge on any atom is -0.0616 e. The molecule has 0 unspecified atom stereocenters. The Labute approximate surface area is 108 Å². The molecular weight excluding hydrogens is 204 g/mol. The fraction of sp³-hybridized carbons (Fsp3) is 0.706. The van der Waals surface area contributed by atoms with Gasteiger partial charge in [-0.15, -0.1) is 0 Å². The number of hydrogen-bond donors (Lipinski definition) is 0. The van der Waals surface area contributed by atoms with Crippen LogP contribution in [-0.4, -0.2) is 0 Å². The molecule has 0 saturated carbocycles. The van der Waals surface area contributed by atoms with E-state index in [9.17, 15) is 0 Å². The predicted molar refractivity (Wildman–Crippen MR) is 77.7 cm³/mol. The molecule has 0 nitrogen and oxygen atoms in total. The zero-order valence-corrected chi connectivity index (χ0v) is 12.9. The highest BCUT2D eigenvalue weighted by molar-refractivity contribution is 5.57. The average Bonchev–Trinajstić information content (AvgIpc) is 2.56. The molecule has 0 N–H and O–H groups in total. The van der Waals surface area contributed by atoms with Gasteiger partial charge in [0.15, 0.2) is 0 Å². The van der Waals surface area contributed by atoms with Gasteiger partial charge in [-0.1, -0.05) is 72.6 Å². The van der Waals surface area contributed by atoms with E-state index in [2.05, 4.69) is 61.5 Å². The summed E-state index contributed by atoms with van der Waals surface area (Å²) in [5.74, 6) is 4.17. The maximum absolute atomic E-state index is 2.47. The molecule has 17 heavy (non-hydrogen) atoms. The lowest BCUT2D eigenvalue weighted by atomic mass is 9.76. The molecule has 0 aromatic rings. The van der Waals surface area contributed by atoms with Gasteiger partial charge in [0, 0.05) is 5.92 Å². The fourth-order valence-electron chi connectivity index (χ4n) is 2.88. The molecule has 97 valence electrons. The van der Waals surface area contributed by atoms with Gasteiger partial charge in [0.05, 0.1) is 0 Å². The van der Waals surface area contributed by atoms with Crippen LogP contribution in [0.3, 0.4) is 0 Å². The molecule has 0 spiro atoms. The molecule has 0 heterocycles. The van der Waals surface area contributed by atoms with Crippen LogP contribution in [0.25, 0.3) is 0 Å². The highest BCUT2D eigenvalue weighted by atomic mass is 14.4. The first-order valence-electron chi connectivity index (χ1n) is 7.10. The van der Waals surface area contributed by atoms with Gasteiger partial charge in [0.2, 0.25) is 0 Å². The molecule has 1 rings (SSSR count). The summed E-state index contributed by atoms with van der Waals surface area (Å²) in [6.07, 6.45) is 2.47. The van der Waals surface area contributed by atoms with Gasteiger partial charge >= 0.3 is 0 Å².